The lowest BCUT2D eigenvalue weighted by atomic mass is 10.2. The van der Waals surface area contributed by atoms with Crippen LogP contribution in [0, 0.1) is 5.82 Å². The van der Waals surface area contributed by atoms with Crippen molar-refractivity contribution < 1.29 is 28.5 Å². The van der Waals surface area contributed by atoms with E-state index in [1.165, 1.54) is 38.5 Å². The number of ether oxygens (including phenoxy) is 3. The fourth-order valence-corrected chi connectivity index (χ4v) is 1.74. The van der Waals surface area contributed by atoms with Gasteiger partial charge in [-0.2, -0.15) is 0 Å². The van der Waals surface area contributed by atoms with Crippen LogP contribution in [-0.4, -0.2) is 25.3 Å². The van der Waals surface area contributed by atoms with Gasteiger partial charge in [-0.3, -0.25) is 0 Å². The molecule has 2 rings (SSSR count). The van der Waals surface area contributed by atoms with Crippen molar-refractivity contribution in [3.8, 4) is 23.0 Å². The number of halogens is 1. The number of para-hydroxylation sites is 1. The molecule has 21 heavy (non-hydrogen) atoms. The number of benzene rings is 2. The van der Waals surface area contributed by atoms with Gasteiger partial charge in [0.1, 0.15) is 22.8 Å². The fourth-order valence-electron chi connectivity index (χ4n) is 1.74. The highest BCUT2D eigenvalue weighted by Gasteiger charge is 2.17. The van der Waals surface area contributed by atoms with Gasteiger partial charge in [0, 0.05) is 18.2 Å². The second-order valence-corrected chi connectivity index (χ2v) is 4.07. The number of carbonyl (C=O) groups is 1. The lowest BCUT2D eigenvalue weighted by Crippen LogP contribution is -2.02. The Hall–Kier alpha value is -2.76. The summed E-state index contributed by atoms with van der Waals surface area (Å²) in [4.78, 5) is 11.1. The van der Waals surface area contributed by atoms with E-state index < -0.39 is 11.8 Å². The minimum Gasteiger partial charge on any atom is -0.496 e. The lowest BCUT2D eigenvalue weighted by Gasteiger charge is -2.12. The van der Waals surface area contributed by atoms with Crippen LogP contribution >= 0.6 is 0 Å². The second-order valence-electron chi connectivity index (χ2n) is 4.07. The zero-order valence-electron chi connectivity index (χ0n) is 11.4. The van der Waals surface area contributed by atoms with Gasteiger partial charge < -0.3 is 19.3 Å². The SMILES string of the molecule is COc1cc(OC)cc(Oc2c(F)cccc2C(=O)O)c1. The van der Waals surface area contributed by atoms with Gasteiger partial charge in [-0.15, -0.1) is 0 Å². The molecule has 2 aromatic rings. The van der Waals surface area contributed by atoms with Gasteiger partial charge in [-0.1, -0.05) is 6.07 Å². The molecule has 6 heteroatoms. The average Bonchev–Trinajstić information content (AvgIpc) is 2.48. The maximum atomic E-state index is 13.8. The molecule has 0 saturated carbocycles. The highest BCUT2D eigenvalue weighted by Crippen LogP contribution is 2.33. The summed E-state index contributed by atoms with van der Waals surface area (Å²) in [5.74, 6) is -1.31. The molecule has 0 aromatic heterocycles. The summed E-state index contributed by atoms with van der Waals surface area (Å²) in [5.41, 5.74) is -0.267. The highest BCUT2D eigenvalue weighted by atomic mass is 19.1. The minimum absolute atomic E-state index is 0.207. The molecule has 0 heterocycles. The van der Waals surface area contributed by atoms with Crippen LogP contribution in [-0.2, 0) is 0 Å². The standard InChI is InChI=1S/C15H13FO5/c1-19-9-6-10(20-2)8-11(7-9)21-14-12(15(17)18)4-3-5-13(14)16/h3-8H,1-2H3,(H,17,18). The molecule has 0 fully saturated rings. The van der Waals surface area contributed by atoms with Crippen molar-refractivity contribution in [2.45, 2.75) is 0 Å². The molecule has 0 aliphatic carbocycles. The lowest BCUT2D eigenvalue weighted by molar-refractivity contribution is 0.0693. The molecule has 0 amide bonds. The van der Waals surface area contributed by atoms with Crippen LogP contribution in [0.5, 0.6) is 23.0 Å². The number of carboxylic acid groups (broad SMARTS) is 1. The largest absolute Gasteiger partial charge is 0.496 e. The van der Waals surface area contributed by atoms with Crippen molar-refractivity contribution >= 4 is 5.97 Å². The molecule has 1 N–H and O–H groups in total. The van der Waals surface area contributed by atoms with Gasteiger partial charge in [0.05, 0.1) is 14.2 Å². The van der Waals surface area contributed by atoms with Gasteiger partial charge in [0.25, 0.3) is 0 Å². The predicted octanol–water partition coefficient (Wildman–Crippen LogP) is 3.33. The normalized spacial score (nSPS) is 10.0. The molecule has 0 bridgehead atoms. The number of aromatic carboxylic acids is 1. The summed E-state index contributed by atoms with van der Waals surface area (Å²) < 4.78 is 29.3. The van der Waals surface area contributed by atoms with Gasteiger partial charge >= 0.3 is 5.97 Å². The fraction of sp³-hybridized carbons (Fsp3) is 0.133. The number of methoxy groups -OCH3 is 2. The van der Waals surface area contributed by atoms with Crippen molar-refractivity contribution in [3.63, 3.8) is 0 Å². The van der Waals surface area contributed by atoms with E-state index in [0.717, 1.165) is 6.07 Å². The summed E-state index contributed by atoms with van der Waals surface area (Å²) in [5, 5.41) is 9.07. The number of carboxylic acids is 1. The molecule has 110 valence electrons. The molecular weight excluding hydrogens is 279 g/mol. The molecule has 0 saturated heterocycles. The van der Waals surface area contributed by atoms with Gasteiger partial charge in [0.2, 0.25) is 0 Å². The third-order valence-corrected chi connectivity index (χ3v) is 2.74. The van der Waals surface area contributed by atoms with Gasteiger partial charge in [0.15, 0.2) is 11.6 Å². The molecule has 0 unspecified atom stereocenters. The zero-order chi connectivity index (χ0) is 15.4. The van der Waals surface area contributed by atoms with Crippen LogP contribution in [0.15, 0.2) is 36.4 Å². The Morgan fingerprint density at radius 3 is 2.14 bits per heavy atom. The van der Waals surface area contributed by atoms with E-state index in [1.54, 1.807) is 6.07 Å². The first-order valence-electron chi connectivity index (χ1n) is 5.98. The minimum atomic E-state index is -1.28. The summed E-state index contributed by atoms with van der Waals surface area (Å²) in [7, 11) is 2.93. The maximum Gasteiger partial charge on any atom is 0.339 e. The summed E-state index contributed by atoms with van der Waals surface area (Å²) in [6.07, 6.45) is 0. The van der Waals surface area contributed by atoms with Crippen molar-refractivity contribution in [2.75, 3.05) is 14.2 Å². The Morgan fingerprint density at radius 1 is 1.05 bits per heavy atom. The van der Waals surface area contributed by atoms with E-state index in [9.17, 15) is 9.18 Å². The maximum absolute atomic E-state index is 13.8. The van der Waals surface area contributed by atoms with Crippen LogP contribution in [0.1, 0.15) is 10.4 Å². The van der Waals surface area contributed by atoms with Crippen molar-refractivity contribution in [2.24, 2.45) is 0 Å². The smallest absolute Gasteiger partial charge is 0.339 e. The zero-order valence-corrected chi connectivity index (χ0v) is 11.4. The summed E-state index contributed by atoms with van der Waals surface area (Å²) in [6, 6.07) is 8.31. The number of hydrogen-bond acceptors (Lipinski definition) is 4. The molecule has 0 aliphatic rings. The van der Waals surface area contributed by atoms with Crippen LogP contribution in [0.4, 0.5) is 4.39 Å². The third kappa shape index (κ3) is 3.22. The predicted molar refractivity (Wildman–Crippen MR) is 73.0 cm³/mol. The van der Waals surface area contributed by atoms with E-state index in [0.29, 0.717) is 11.5 Å². The average molecular weight is 292 g/mol. The van der Waals surface area contributed by atoms with Crippen molar-refractivity contribution in [1.82, 2.24) is 0 Å². The van der Waals surface area contributed by atoms with Crippen LogP contribution in [0.3, 0.4) is 0 Å². The van der Waals surface area contributed by atoms with E-state index >= 15 is 0 Å². The topological polar surface area (TPSA) is 65.0 Å². The Morgan fingerprint density at radius 2 is 1.62 bits per heavy atom. The van der Waals surface area contributed by atoms with E-state index in [1.807, 2.05) is 0 Å². The monoisotopic (exact) mass is 292 g/mol. The van der Waals surface area contributed by atoms with Gasteiger partial charge in [-0.05, 0) is 12.1 Å². The molecule has 0 atom stereocenters. The number of rotatable bonds is 5. The first-order chi connectivity index (χ1) is 10.0. The van der Waals surface area contributed by atoms with Crippen molar-refractivity contribution in [1.29, 1.82) is 0 Å². The Bertz CT molecular complexity index is 647. The van der Waals surface area contributed by atoms with Gasteiger partial charge in [-0.25, -0.2) is 9.18 Å². The molecule has 0 spiro atoms. The van der Waals surface area contributed by atoms with Crippen molar-refractivity contribution in [3.05, 3.63) is 47.8 Å². The second kappa shape index (κ2) is 6.13. The Labute approximate surface area is 120 Å². The van der Waals surface area contributed by atoms with E-state index in [2.05, 4.69) is 0 Å². The molecular formula is C15H13FO5. The molecule has 5 nitrogen and oxygen atoms in total. The van der Waals surface area contributed by atoms with E-state index in [-0.39, 0.29) is 17.1 Å². The van der Waals surface area contributed by atoms with E-state index in [4.69, 9.17) is 19.3 Å². The molecule has 0 aliphatic heterocycles. The number of hydrogen-bond donors (Lipinski definition) is 1. The third-order valence-electron chi connectivity index (χ3n) is 2.74. The molecule has 2 aromatic carbocycles. The van der Waals surface area contributed by atoms with Crippen LogP contribution in [0.25, 0.3) is 0 Å². The summed E-state index contributed by atoms with van der Waals surface area (Å²) in [6.45, 7) is 0. The first-order valence-corrected chi connectivity index (χ1v) is 5.98. The quantitative estimate of drug-likeness (QED) is 0.915. The Kier molecular flexibility index (Phi) is 4.27. The van der Waals surface area contributed by atoms with Crippen LogP contribution in [0.2, 0.25) is 0 Å². The summed E-state index contributed by atoms with van der Waals surface area (Å²) >= 11 is 0. The molecule has 0 radical (unpaired) electrons. The first kappa shape index (κ1) is 14.6. The Balaban J connectivity index is 2.45. The highest BCUT2D eigenvalue weighted by molar-refractivity contribution is 5.91. The van der Waals surface area contributed by atoms with Crippen LogP contribution < -0.4 is 14.2 Å².